The number of benzene rings is 1. The van der Waals surface area contributed by atoms with Crippen molar-refractivity contribution < 1.29 is 14.3 Å². The smallest absolute Gasteiger partial charge is 0.243 e. The van der Waals surface area contributed by atoms with Gasteiger partial charge in [0.05, 0.1) is 12.8 Å². The van der Waals surface area contributed by atoms with E-state index >= 15 is 0 Å². The minimum absolute atomic E-state index is 0.249. The Labute approximate surface area is 156 Å². The maximum absolute atomic E-state index is 11.8. The zero-order valence-corrected chi connectivity index (χ0v) is 16.5. The van der Waals surface area contributed by atoms with E-state index in [4.69, 9.17) is 21.1 Å². The minimum atomic E-state index is -0.605. The third-order valence-corrected chi connectivity index (χ3v) is 5.09. The summed E-state index contributed by atoms with van der Waals surface area (Å²) in [6.45, 7) is 7.72. The molecule has 134 valence electrons. The standard InChI is InChI=1S/C18H21ClN2O3S/c1-9(19)16(22)21-17-20-14(10(2)25-17)11-6-12-8-18(3,4)24-15(12)13(7-11)23-5/h6-7,9H,8H2,1-5H3,(H,20,21,22). The van der Waals surface area contributed by atoms with Crippen LogP contribution < -0.4 is 14.8 Å². The molecule has 0 bridgehead atoms. The fraction of sp³-hybridized carbons (Fsp3) is 0.444. The molecule has 1 aliphatic heterocycles. The number of carbonyl (C=O) groups excluding carboxylic acids is 1. The van der Waals surface area contributed by atoms with Crippen LogP contribution in [0.4, 0.5) is 5.13 Å². The van der Waals surface area contributed by atoms with Gasteiger partial charge in [-0.25, -0.2) is 4.98 Å². The van der Waals surface area contributed by atoms with E-state index in [1.165, 1.54) is 11.3 Å². The first-order valence-electron chi connectivity index (χ1n) is 8.03. The molecule has 0 spiro atoms. The van der Waals surface area contributed by atoms with Gasteiger partial charge in [0, 0.05) is 22.4 Å². The number of anilines is 1. The number of thiazole rings is 1. The molecule has 0 radical (unpaired) electrons. The molecule has 7 heteroatoms. The molecule has 1 aromatic heterocycles. The molecule has 0 saturated carbocycles. The van der Waals surface area contributed by atoms with Crippen molar-refractivity contribution in [2.75, 3.05) is 12.4 Å². The molecule has 1 amide bonds. The summed E-state index contributed by atoms with van der Waals surface area (Å²) in [5.74, 6) is 1.24. The number of hydrogen-bond donors (Lipinski definition) is 1. The van der Waals surface area contributed by atoms with Gasteiger partial charge in [-0.05, 0) is 39.8 Å². The predicted octanol–water partition coefficient (Wildman–Crippen LogP) is 4.41. The summed E-state index contributed by atoms with van der Waals surface area (Å²) < 4.78 is 11.5. The highest BCUT2D eigenvalue weighted by Gasteiger charge is 2.33. The van der Waals surface area contributed by atoms with Crippen molar-refractivity contribution in [1.29, 1.82) is 0 Å². The third-order valence-electron chi connectivity index (χ3n) is 4.01. The fourth-order valence-electron chi connectivity index (χ4n) is 2.89. The average Bonchev–Trinajstić information content (AvgIpc) is 3.03. The van der Waals surface area contributed by atoms with Gasteiger partial charge < -0.3 is 14.8 Å². The summed E-state index contributed by atoms with van der Waals surface area (Å²) in [6, 6.07) is 4.02. The van der Waals surface area contributed by atoms with Crippen LogP contribution in [0.3, 0.4) is 0 Å². The lowest BCUT2D eigenvalue weighted by atomic mass is 9.99. The molecule has 1 unspecified atom stereocenters. The van der Waals surface area contributed by atoms with Crippen molar-refractivity contribution in [3.05, 3.63) is 22.6 Å². The SMILES string of the molecule is COc1cc(-c2nc(NC(=O)C(C)Cl)sc2C)cc2c1OC(C)(C)C2. The molecule has 5 nitrogen and oxygen atoms in total. The highest BCUT2D eigenvalue weighted by molar-refractivity contribution is 7.16. The summed E-state index contributed by atoms with van der Waals surface area (Å²) in [6.07, 6.45) is 0.809. The van der Waals surface area contributed by atoms with Crippen LogP contribution >= 0.6 is 22.9 Å². The Morgan fingerprint density at radius 3 is 2.84 bits per heavy atom. The fourth-order valence-corrected chi connectivity index (χ4v) is 3.78. The summed E-state index contributed by atoms with van der Waals surface area (Å²) in [5, 5.41) is 2.69. The molecule has 25 heavy (non-hydrogen) atoms. The molecule has 2 heterocycles. The molecule has 1 atom stereocenters. The molecule has 0 fully saturated rings. The Morgan fingerprint density at radius 1 is 1.48 bits per heavy atom. The number of carbonyl (C=O) groups is 1. The van der Waals surface area contributed by atoms with Crippen LogP contribution in [0.2, 0.25) is 0 Å². The Hall–Kier alpha value is -1.79. The zero-order valence-electron chi connectivity index (χ0n) is 14.9. The van der Waals surface area contributed by atoms with Crippen molar-refractivity contribution in [3.8, 4) is 22.8 Å². The molecule has 1 aromatic carbocycles. The van der Waals surface area contributed by atoms with Gasteiger partial charge in [-0.3, -0.25) is 4.79 Å². The third kappa shape index (κ3) is 3.60. The molecule has 0 saturated heterocycles. The zero-order chi connectivity index (χ0) is 18.4. The van der Waals surface area contributed by atoms with E-state index in [9.17, 15) is 4.79 Å². The van der Waals surface area contributed by atoms with E-state index < -0.39 is 5.38 Å². The van der Waals surface area contributed by atoms with Gasteiger partial charge in [-0.1, -0.05) is 0 Å². The van der Waals surface area contributed by atoms with Crippen LogP contribution in [-0.2, 0) is 11.2 Å². The van der Waals surface area contributed by atoms with Crippen molar-refractivity contribution in [2.24, 2.45) is 0 Å². The van der Waals surface area contributed by atoms with Gasteiger partial charge in [0.25, 0.3) is 0 Å². The number of hydrogen-bond acceptors (Lipinski definition) is 5. The second-order valence-corrected chi connectivity index (χ2v) is 8.59. The molecule has 1 aliphatic rings. The van der Waals surface area contributed by atoms with Crippen molar-refractivity contribution >= 4 is 34.0 Å². The van der Waals surface area contributed by atoms with Crippen LogP contribution in [0.1, 0.15) is 31.2 Å². The van der Waals surface area contributed by atoms with E-state index in [-0.39, 0.29) is 11.5 Å². The van der Waals surface area contributed by atoms with Crippen LogP contribution in [-0.4, -0.2) is 29.0 Å². The van der Waals surface area contributed by atoms with Gasteiger partial charge >= 0.3 is 0 Å². The molecule has 0 aliphatic carbocycles. The van der Waals surface area contributed by atoms with E-state index in [1.54, 1.807) is 14.0 Å². The molecule has 2 aromatic rings. The van der Waals surface area contributed by atoms with Crippen LogP contribution in [0.15, 0.2) is 12.1 Å². The number of nitrogens with zero attached hydrogens (tertiary/aromatic N) is 1. The average molecular weight is 381 g/mol. The lowest BCUT2D eigenvalue weighted by Gasteiger charge is -2.17. The number of ether oxygens (including phenoxy) is 2. The molecular weight excluding hydrogens is 360 g/mol. The lowest BCUT2D eigenvalue weighted by molar-refractivity contribution is -0.115. The number of rotatable bonds is 4. The Balaban J connectivity index is 1.98. The van der Waals surface area contributed by atoms with E-state index in [0.717, 1.165) is 33.9 Å². The topological polar surface area (TPSA) is 60.5 Å². The molecular formula is C18H21ClN2O3S. The first-order chi connectivity index (χ1) is 11.7. The van der Waals surface area contributed by atoms with E-state index in [1.807, 2.05) is 13.0 Å². The number of aromatic nitrogens is 1. The van der Waals surface area contributed by atoms with Gasteiger partial charge in [-0.2, -0.15) is 0 Å². The van der Waals surface area contributed by atoms with Gasteiger partial charge in [0.1, 0.15) is 11.0 Å². The number of nitrogens with one attached hydrogen (secondary N) is 1. The van der Waals surface area contributed by atoms with Crippen LogP contribution in [0.5, 0.6) is 11.5 Å². The van der Waals surface area contributed by atoms with E-state index in [0.29, 0.717) is 10.9 Å². The normalized spacial score (nSPS) is 16.1. The lowest BCUT2D eigenvalue weighted by Crippen LogP contribution is -2.24. The number of halogens is 1. The van der Waals surface area contributed by atoms with Crippen LogP contribution in [0, 0.1) is 6.92 Å². The number of amides is 1. The van der Waals surface area contributed by atoms with Gasteiger partial charge in [0.15, 0.2) is 16.6 Å². The predicted molar refractivity (Wildman–Crippen MR) is 101 cm³/mol. The molecule has 1 N–H and O–H groups in total. The maximum atomic E-state index is 11.8. The molecule has 3 rings (SSSR count). The second kappa shape index (κ2) is 6.50. The Bertz CT molecular complexity index is 830. The number of alkyl halides is 1. The van der Waals surface area contributed by atoms with Crippen molar-refractivity contribution in [2.45, 2.75) is 45.1 Å². The number of fused-ring (bicyclic) bond motifs is 1. The first kappa shape index (κ1) is 18.0. The highest BCUT2D eigenvalue weighted by Crippen LogP contribution is 2.45. The summed E-state index contributed by atoms with van der Waals surface area (Å²) in [4.78, 5) is 17.4. The largest absolute Gasteiger partial charge is 0.493 e. The maximum Gasteiger partial charge on any atom is 0.243 e. The second-order valence-electron chi connectivity index (χ2n) is 6.73. The first-order valence-corrected chi connectivity index (χ1v) is 9.28. The highest BCUT2D eigenvalue weighted by atomic mass is 35.5. The van der Waals surface area contributed by atoms with Gasteiger partial charge in [-0.15, -0.1) is 22.9 Å². The Kier molecular flexibility index (Phi) is 4.68. The van der Waals surface area contributed by atoms with Crippen molar-refractivity contribution in [1.82, 2.24) is 4.98 Å². The number of aryl methyl sites for hydroxylation is 1. The summed E-state index contributed by atoms with van der Waals surface area (Å²) in [7, 11) is 1.63. The monoisotopic (exact) mass is 380 g/mol. The van der Waals surface area contributed by atoms with Crippen molar-refractivity contribution in [3.63, 3.8) is 0 Å². The quantitative estimate of drug-likeness (QED) is 0.798. The Morgan fingerprint density at radius 2 is 2.20 bits per heavy atom. The van der Waals surface area contributed by atoms with Gasteiger partial charge in [0.2, 0.25) is 5.91 Å². The van der Waals surface area contributed by atoms with E-state index in [2.05, 4.69) is 30.2 Å². The minimum Gasteiger partial charge on any atom is -0.493 e. The summed E-state index contributed by atoms with van der Waals surface area (Å²) >= 11 is 7.23. The van der Waals surface area contributed by atoms with Crippen LogP contribution in [0.25, 0.3) is 11.3 Å². The summed E-state index contributed by atoms with van der Waals surface area (Å²) in [5.41, 5.74) is 2.63. The number of methoxy groups -OCH3 is 1.